The molecule has 9 nitrogen and oxygen atoms in total. The SMILES string of the molecule is COc1cc(CCNC(=O)c2ccc3c(c2)OCCO3)c([N+](=O)[O-])cc1OC. The topological polar surface area (TPSA) is 109 Å². The van der Waals surface area contributed by atoms with Gasteiger partial charge >= 0.3 is 0 Å². The van der Waals surface area contributed by atoms with E-state index >= 15 is 0 Å². The number of methoxy groups -OCH3 is 2. The summed E-state index contributed by atoms with van der Waals surface area (Å²) in [5, 5.41) is 14.1. The van der Waals surface area contributed by atoms with Gasteiger partial charge in [-0.15, -0.1) is 0 Å². The Hall–Kier alpha value is -3.49. The molecule has 0 radical (unpaired) electrons. The van der Waals surface area contributed by atoms with E-state index in [0.717, 1.165) is 0 Å². The molecule has 0 saturated carbocycles. The number of benzene rings is 2. The Balaban J connectivity index is 1.69. The van der Waals surface area contributed by atoms with Gasteiger partial charge in [0.15, 0.2) is 23.0 Å². The maximum Gasteiger partial charge on any atom is 0.276 e. The van der Waals surface area contributed by atoms with Crippen molar-refractivity contribution in [3.05, 3.63) is 51.6 Å². The minimum absolute atomic E-state index is 0.0915. The monoisotopic (exact) mass is 388 g/mol. The van der Waals surface area contributed by atoms with Crippen LogP contribution in [0.1, 0.15) is 15.9 Å². The highest BCUT2D eigenvalue weighted by atomic mass is 16.6. The Kier molecular flexibility index (Phi) is 5.83. The number of ether oxygens (including phenoxy) is 4. The number of carbonyl (C=O) groups excluding carboxylic acids is 1. The third-order valence-corrected chi connectivity index (χ3v) is 4.27. The summed E-state index contributed by atoms with van der Waals surface area (Å²) in [7, 11) is 2.87. The lowest BCUT2D eigenvalue weighted by molar-refractivity contribution is -0.385. The standard InChI is InChI=1S/C19H20N2O7/c1-25-16-9-12(14(21(23)24)11-17(16)26-2)5-6-20-19(22)13-3-4-15-18(10-13)28-8-7-27-15/h3-4,9-11H,5-8H2,1-2H3,(H,20,22). The summed E-state index contributed by atoms with van der Waals surface area (Å²) >= 11 is 0. The van der Waals surface area contributed by atoms with Gasteiger partial charge in [0.2, 0.25) is 0 Å². The largest absolute Gasteiger partial charge is 0.493 e. The molecule has 1 aliphatic rings. The van der Waals surface area contributed by atoms with Crippen molar-refractivity contribution in [1.29, 1.82) is 0 Å². The fourth-order valence-electron chi connectivity index (χ4n) is 2.88. The first-order valence-electron chi connectivity index (χ1n) is 8.60. The van der Waals surface area contributed by atoms with Gasteiger partial charge in [0.1, 0.15) is 13.2 Å². The van der Waals surface area contributed by atoms with E-state index in [1.807, 2.05) is 0 Å². The second kappa shape index (κ2) is 8.47. The zero-order chi connectivity index (χ0) is 20.1. The van der Waals surface area contributed by atoms with E-state index in [-0.39, 0.29) is 30.3 Å². The highest BCUT2D eigenvalue weighted by molar-refractivity contribution is 5.94. The lowest BCUT2D eigenvalue weighted by Crippen LogP contribution is -2.26. The molecule has 0 saturated heterocycles. The predicted octanol–water partition coefficient (Wildman–Crippen LogP) is 2.36. The van der Waals surface area contributed by atoms with Crippen LogP contribution in [-0.2, 0) is 6.42 Å². The predicted molar refractivity (Wildman–Crippen MR) is 99.7 cm³/mol. The van der Waals surface area contributed by atoms with Gasteiger partial charge in [-0.1, -0.05) is 0 Å². The van der Waals surface area contributed by atoms with Gasteiger partial charge in [-0.3, -0.25) is 14.9 Å². The van der Waals surface area contributed by atoms with Gasteiger partial charge in [0, 0.05) is 17.7 Å². The number of nitro groups is 1. The molecule has 3 rings (SSSR count). The molecule has 1 amide bonds. The number of hydrogen-bond acceptors (Lipinski definition) is 7. The summed E-state index contributed by atoms with van der Waals surface area (Å²) in [6, 6.07) is 7.80. The Bertz CT molecular complexity index is 898. The normalized spacial score (nSPS) is 12.2. The van der Waals surface area contributed by atoms with Crippen molar-refractivity contribution >= 4 is 11.6 Å². The third kappa shape index (κ3) is 4.08. The molecule has 2 aromatic carbocycles. The molecule has 148 valence electrons. The molecule has 1 aliphatic heterocycles. The van der Waals surface area contributed by atoms with Gasteiger partial charge in [-0.05, 0) is 30.7 Å². The van der Waals surface area contributed by atoms with E-state index in [2.05, 4.69) is 5.32 Å². The molecule has 28 heavy (non-hydrogen) atoms. The molecule has 0 aliphatic carbocycles. The molecular formula is C19H20N2O7. The van der Waals surface area contributed by atoms with Gasteiger partial charge < -0.3 is 24.3 Å². The Morgan fingerprint density at radius 2 is 1.79 bits per heavy atom. The van der Waals surface area contributed by atoms with Gasteiger partial charge in [0.25, 0.3) is 11.6 Å². The molecule has 1 heterocycles. The van der Waals surface area contributed by atoms with Crippen LogP contribution in [0.2, 0.25) is 0 Å². The average molecular weight is 388 g/mol. The second-order valence-electron chi connectivity index (χ2n) is 5.96. The van der Waals surface area contributed by atoms with E-state index in [4.69, 9.17) is 18.9 Å². The van der Waals surface area contributed by atoms with E-state index in [1.165, 1.54) is 20.3 Å². The van der Waals surface area contributed by atoms with Crippen molar-refractivity contribution in [2.24, 2.45) is 0 Å². The van der Waals surface area contributed by atoms with Gasteiger partial charge in [0.05, 0.1) is 25.2 Å². The molecule has 0 atom stereocenters. The fourth-order valence-corrected chi connectivity index (χ4v) is 2.88. The fraction of sp³-hybridized carbons (Fsp3) is 0.316. The van der Waals surface area contributed by atoms with E-state index < -0.39 is 4.92 Å². The maximum absolute atomic E-state index is 12.4. The van der Waals surface area contributed by atoms with E-state index in [1.54, 1.807) is 24.3 Å². The Morgan fingerprint density at radius 1 is 1.11 bits per heavy atom. The zero-order valence-electron chi connectivity index (χ0n) is 15.5. The summed E-state index contributed by atoms with van der Waals surface area (Å²) in [6.45, 7) is 1.12. The minimum Gasteiger partial charge on any atom is -0.493 e. The molecule has 0 spiro atoms. The number of nitrogens with one attached hydrogen (secondary N) is 1. The number of hydrogen-bond donors (Lipinski definition) is 1. The molecule has 9 heteroatoms. The number of amides is 1. The second-order valence-corrected chi connectivity index (χ2v) is 5.96. The summed E-state index contributed by atoms with van der Waals surface area (Å²) in [5.74, 6) is 1.48. The highest BCUT2D eigenvalue weighted by Crippen LogP contribution is 2.34. The van der Waals surface area contributed by atoms with Crippen LogP contribution in [0.25, 0.3) is 0 Å². The van der Waals surface area contributed by atoms with Crippen molar-refractivity contribution in [2.75, 3.05) is 34.0 Å². The number of carbonyl (C=O) groups is 1. The van der Waals surface area contributed by atoms with Crippen LogP contribution in [-0.4, -0.2) is 44.8 Å². The molecule has 2 aromatic rings. The van der Waals surface area contributed by atoms with Crippen LogP contribution < -0.4 is 24.3 Å². The first-order chi connectivity index (χ1) is 13.5. The lowest BCUT2D eigenvalue weighted by atomic mass is 10.1. The summed E-state index contributed by atoms with van der Waals surface area (Å²) < 4.78 is 21.2. The lowest BCUT2D eigenvalue weighted by Gasteiger charge is -2.18. The highest BCUT2D eigenvalue weighted by Gasteiger charge is 2.20. The number of fused-ring (bicyclic) bond motifs is 1. The van der Waals surface area contributed by atoms with Crippen molar-refractivity contribution in [3.8, 4) is 23.0 Å². The Morgan fingerprint density at radius 3 is 2.46 bits per heavy atom. The quantitative estimate of drug-likeness (QED) is 0.573. The maximum atomic E-state index is 12.4. The molecular weight excluding hydrogens is 368 g/mol. The smallest absolute Gasteiger partial charge is 0.276 e. The average Bonchev–Trinajstić information content (AvgIpc) is 2.72. The molecule has 0 fully saturated rings. The van der Waals surface area contributed by atoms with Crippen LogP contribution in [0.15, 0.2) is 30.3 Å². The summed E-state index contributed by atoms with van der Waals surface area (Å²) in [4.78, 5) is 23.2. The third-order valence-electron chi connectivity index (χ3n) is 4.27. The van der Waals surface area contributed by atoms with Gasteiger partial charge in [-0.2, -0.15) is 0 Å². The van der Waals surface area contributed by atoms with Crippen LogP contribution in [0, 0.1) is 10.1 Å². The molecule has 0 bridgehead atoms. The van der Waals surface area contributed by atoms with E-state index in [9.17, 15) is 14.9 Å². The van der Waals surface area contributed by atoms with Crippen LogP contribution in [0.3, 0.4) is 0 Å². The number of rotatable bonds is 7. The molecule has 1 N–H and O–H groups in total. The minimum atomic E-state index is -0.486. The molecule has 0 aromatic heterocycles. The summed E-state index contributed by atoms with van der Waals surface area (Å²) in [5.41, 5.74) is 0.766. The van der Waals surface area contributed by atoms with Crippen LogP contribution in [0.4, 0.5) is 5.69 Å². The van der Waals surface area contributed by atoms with Crippen molar-refractivity contribution in [2.45, 2.75) is 6.42 Å². The summed E-state index contributed by atoms with van der Waals surface area (Å²) in [6.07, 6.45) is 0.257. The first-order valence-corrected chi connectivity index (χ1v) is 8.60. The van der Waals surface area contributed by atoms with Gasteiger partial charge in [-0.25, -0.2) is 0 Å². The molecule has 0 unspecified atom stereocenters. The zero-order valence-corrected chi connectivity index (χ0v) is 15.5. The van der Waals surface area contributed by atoms with Crippen LogP contribution >= 0.6 is 0 Å². The van der Waals surface area contributed by atoms with Crippen molar-refractivity contribution in [1.82, 2.24) is 5.32 Å². The first kappa shape index (κ1) is 19.3. The van der Waals surface area contributed by atoms with Crippen molar-refractivity contribution < 1.29 is 28.7 Å². The van der Waals surface area contributed by atoms with Crippen molar-refractivity contribution in [3.63, 3.8) is 0 Å². The number of nitro benzene ring substituents is 1. The Labute approximate surface area is 161 Å². The van der Waals surface area contributed by atoms with Crippen LogP contribution in [0.5, 0.6) is 23.0 Å². The van der Waals surface area contributed by atoms with E-state index in [0.29, 0.717) is 41.6 Å². The number of nitrogens with zero attached hydrogens (tertiary/aromatic N) is 1.